The van der Waals surface area contributed by atoms with Gasteiger partial charge in [-0.1, -0.05) is 35.7 Å². The lowest BCUT2D eigenvalue weighted by Crippen LogP contribution is -2.58. The summed E-state index contributed by atoms with van der Waals surface area (Å²) in [5, 5.41) is 0.560. The predicted molar refractivity (Wildman–Crippen MR) is 125 cm³/mol. The number of amides is 2. The summed E-state index contributed by atoms with van der Waals surface area (Å²) in [5.74, 6) is 3.99. The molecule has 3 heterocycles. The van der Waals surface area contributed by atoms with Crippen LogP contribution in [0.3, 0.4) is 0 Å². The molecule has 30 heavy (non-hydrogen) atoms. The Balaban J connectivity index is 1.86. The van der Waals surface area contributed by atoms with Crippen molar-refractivity contribution >= 4 is 58.3 Å². The molecule has 0 radical (unpaired) electrons. The highest BCUT2D eigenvalue weighted by Gasteiger charge is 2.72. The van der Waals surface area contributed by atoms with Crippen LogP contribution in [0.2, 0.25) is 5.02 Å². The van der Waals surface area contributed by atoms with Gasteiger partial charge in [0, 0.05) is 45.6 Å². The van der Waals surface area contributed by atoms with Crippen LogP contribution in [-0.2, 0) is 19.1 Å². The van der Waals surface area contributed by atoms with Gasteiger partial charge < -0.3 is 4.90 Å². The predicted octanol–water partition coefficient (Wildman–Crippen LogP) is 4.26. The molecule has 2 aromatic rings. The molecule has 2 spiro atoms. The first-order valence-electron chi connectivity index (χ1n) is 9.77. The number of hydrogen-bond acceptors (Lipinski definition) is 4. The molecule has 152 valence electrons. The monoisotopic (exact) mass is 454 g/mol. The zero-order valence-corrected chi connectivity index (χ0v) is 18.7. The molecule has 0 N–H and O–H groups in total. The Morgan fingerprint density at radius 2 is 1.63 bits per heavy atom. The van der Waals surface area contributed by atoms with Crippen LogP contribution in [0, 0.1) is 12.3 Å². The maximum atomic E-state index is 14.1. The van der Waals surface area contributed by atoms with Crippen molar-refractivity contribution in [1.29, 1.82) is 0 Å². The largest absolute Gasteiger partial charge is 0.311 e. The van der Waals surface area contributed by atoms with E-state index in [0.29, 0.717) is 11.6 Å². The summed E-state index contributed by atoms with van der Waals surface area (Å²) in [6.07, 6.45) is 5.61. The quantitative estimate of drug-likeness (QED) is 0.636. The van der Waals surface area contributed by atoms with Crippen LogP contribution in [0.25, 0.3) is 0 Å². The molecule has 0 unspecified atom stereocenters. The molecule has 2 aromatic carbocycles. The smallest absolute Gasteiger partial charge is 0.251 e. The molecule has 3 aliphatic rings. The highest BCUT2D eigenvalue weighted by Crippen LogP contribution is 2.69. The fourth-order valence-electron chi connectivity index (χ4n) is 4.98. The van der Waals surface area contributed by atoms with Crippen LogP contribution in [0.1, 0.15) is 18.1 Å². The number of hydrogen-bond donors (Lipinski definition) is 0. The van der Waals surface area contributed by atoms with Gasteiger partial charge in [-0.25, -0.2) is 0 Å². The molecular weight excluding hydrogens is 436 g/mol. The number of thioether (sulfide) groups is 2. The summed E-state index contributed by atoms with van der Waals surface area (Å²) in [5.41, 5.74) is 3.31. The second kappa shape index (κ2) is 6.98. The van der Waals surface area contributed by atoms with E-state index in [1.165, 1.54) is 0 Å². The van der Waals surface area contributed by atoms with Gasteiger partial charge in [-0.05, 0) is 31.2 Å². The fourth-order valence-corrected chi connectivity index (χ4v) is 8.70. The standard InChI is InChI=1S/C23H19ClN2O2S2/c1-3-11-26-18-8-6-5-7-16(18)22(21(26)28)23(30-13-12-29-22)17-14-15(24)9-10-19(17)25(4-2)20(23)27/h1,5-10,14H,4,11-13H2,2H3/t22-,23-/m1/s1. The van der Waals surface area contributed by atoms with Crippen LogP contribution >= 0.6 is 35.1 Å². The second-order valence-electron chi connectivity index (χ2n) is 7.38. The van der Waals surface area contributed by atoms with Crippen LogP contribution in [0.15, 0.2) is 42.5 Å². The number of para-hydroxylation sites is 1. The van der Waals surface area contributed by atoms with Crippen molar-refractivity contribution in [2.24, 2.45) is 0 Å². The molecule has 2 amide bonds. The number of carbonyl (C=O) groups is 2. The highest BCUT2D eigenvalue weighted by atomic mass is 35.5. The number of fused-ring (bicyclic) bond motifs is 5. The van der Waals surface area contributed by atoms with E-state index in [1.807, 2.05) is 43.3 Å². The van der Waals surface area contributed by atoms with E-state index in [2.05, 4.69) is 5.92 Å². The molecule has 0 saturated carbocycles. The van der Waals surface area contributed by atoms with Gasteiger partial charge in [0.2, 0.25) is 5.91 Å². The van der Waals surface area contributed by atoms with Crippen molar-refractivity contribution in [3.05, 3.63) is 58.6 Å². The van der Waals surface area contributed by atoms with Gasteiger partial charge in [0.05, 0.1) is 6.54 Å². The van der Waals surface area contributed by atoms with E-state index in [0.717, 1.165) is 34.0 Å². The summed E-state index contributed by atoms with van der Waals surface area (Å²) in [6, 6.07) is 13.3. The van der Waals surface area contributed by atoms with Gasteiger partial charge in [-0.2, -0.15) is 0 Å². The number of carbonyl (C=O) groups excluding carboxylic acids is 2. The average Bonchev–Trinajstić information content (AvgIpc) is 3.13. The first-order chi connectivity index (χ1) is 14.5. The molecular formula is C23H19ClN2O2S2. The van der Waals surface area contributed by atoms with Gasteiger partial charge in [0.25, 0.3) is 5.91 Å². The Labute approximate surface area is 189 Å². The topological polar surface area (TPSA) is 40.6 Å². The fraction of sp³-hybridized carbons (Fsp3) is 0.304. The van der Waals surface area contributed by atoms with E-state index < -0.39 is 9.49 Å². The zero-order valence-electron chi connectivity index (χ0n) is 16.4. The third-order valence-electron chi connectivity index (χ3n) is 6.08. The molecule has 4 nitrogen and oxygen atoms in total. The summed E-state index contributed by atoms with van der Waals surface area (Å²) in [7, 11) is 0. The normalized spacial score (nSPS) is 27.0. The van der Waals surface area contributed by atoms with Gasteiger partial charge in [0.1, 0.15) is 9.49 Å². The van der Waals surface area contributed by atoms with Crippen molar-refractivity contribution in [1.82, 2.24) is 0 Å². The Bertz CT molecular complexity index is 1130. The van der Waals surface area contributed by atoms with Crippen LogP contribution in [0.4, 0.5) is 11.4 Å². The Morgan fingerprint density at radius 1 is 1.00 bits per heavy atom. The lowest BCUT2D eigenvalue weighted by Gasteiger charge is -2.46. The molecule has 3 aliphatic heterocycles. The van der Waals surface area contributed by atoms with Crippen LogP contribution in [0.5, 0.6) is 0 Å². The third kappa shape index (κ3) is 2.23. The zero-order chi connectivity index (χ0) is 21.1. The first kappa shape index (κ1) is 19.9. The first-order valence-corrected chi connectivity index (χ1v) is 12.1. The molecule has 0 bridgehead atoms. The van der Waals surface area contributed by atoms with E-state index in [-0.39, 0.29) is 18.4 Å². The molecule has 2 atom stereocenters. The van der Waals surface area contributed by atoms with Crippen molar-refractivity contribution in [3.8, 4) is 12.3 Å². The number of nitrogens with zero attached hydrogens (tertiary/aromatic N) is 2. The number of terminal acetylenes is 1. The van der Waals surface area contributed by atoms with Gasteiger partial charge >= 0.3 is 0 Å². The van der Waals surface area contributed by atoms with Gasteiger partial charge in [0.15, 0.2) is 0 Å². The Morgan fingerprint density at radius 3 is 2.33 bits per heavy atom. The minimum atomic E-state index is -1.08. The lowest BCUT2D eigenvalue weighted by atomic mass is 9.80. The van der Waals surface area contributed by atoms with Crippen LogP contribution in [-0.4, -0.2) is 36.4 Å². The lowest BCUT2D eigenvalue weighted by molar-refractivity contribution is -0.127. The van der Waals surface area contributed by atoms with E-state index in [9.17, 15) is 9.59 Å². The van der Waals surface area contributed by atoms with E-state index >= 15 is 0 Å². The van der Waals surface area contributed by atoms with Crippen molar-refractivity contribution < 1.29 is 9.59 Å². The summed E-state index contributed by atoms with van der Waals surface area (Å²) >= 11 is 9.54. The van der Waals surface area contributed by atoms with Crippen molar-refractivity contribution in [2.75, 3.05) is 34.4 Å². The Hall–Kier alpha value is -2.07. The summed E-state index contributed by atoms with van der Waals surface area (Å²) in [6.45, 7) is 2.66. The SMILES string of the molecule is C#CCN1C(=O)[C@]2(SCCS[C@]23C(=O)N(CC)c2ccc(Cl)cc23)c2ccccc21. The van der Waals surface area contributed by atoms with Gasteiger partial charge in [-0.15, -0.1) is 29.9 Å². The van der Waals surface area contributed by atoms with Gasteiger partial charge in [-0.3, -0.25) is 14.5 Å². The third-order valence-corrected chi connectivity index (χ3v) is 9.78. The number of halogens is 1. The maximum absolute atomic E-state index is 14.1. The number of rotatable bonds is 2. The van der Waals surface area contributed by atoms with E-state index in [4.69, 9.17) is 18.0 Å². The van der Waals surface area contributed by atoms with E-state index in [1.54, 1.807) is 39.4 Å². The summed E-state index contributed by atoms with van der Waals surface area (Å²) in [4.78, 5) is 31.7. The molecule has 5 rings (SSSR count). The molecule has 1 fully saturated rings. The molecule has 1 saturated heterocycles. The molecule has 0 aromatic heterocycles. The van der Waals surface area contributed by atoms with Crippen LogP contribution < -0.4 is 9.80 Å². The minimum absolute atomic E-state index is 0.0508. The van der Waals surface area contributed by atoms with Crippen molar-refractivity contribution in [2.45, 2.75) is 16.4 Å². The molecule has 0 aliphatic carbocycles. The highest BCUT2D eigenvalue weighted by molar-refractivity contribution is 8.08. The number of benzene rings is 2. The maximum Gasteiger partial charge on any atom is 0.251 e. The minimum Gasteiger partial charge on any atom is -0.311 e. The number of anilines is 2. The second-order valence-corrected chi connectivity index (χ2v) is 10.4. The summed E-state index contributed by atoms with van der Waals surface area (Å²) < 4.78 is -2.16. The average molecular weight is 455 g/mol. The molecule has 7 heteroatoms. The number of likely N-dealkylation sites (N-methyl/N-ethyl adjacent to an activating group) is 1. The van der Waals surface area contributed by atoms with Crippen molar-refractivity contribution in [3.63, 3.8) is 0 Å². The Kier molecular flexibility index (Phi) is 4.62.